The van der Waals surface area contributed by atoms with Gasteiger partial charge in [0.05, 0.1) is 23.0 Å². The molecule has 0 spiro atoms. The lowest BCUT2D eigenvalue weighted by Crippen LogP contribution is -2.41. The van der Waals surface area contributed by atoms with Crippen LogP contribution in [-0.4, -0.2) is 57.4 Å². The highest BCUT2D eigenvalue weighted by Gasteiger charge is 2.37. The minimum atomic E-state index is -3.90. The van der Waals surface area contributed by atoms with Crippen LogP contribution in [0.15, 0.2) is 55.2 Å². The fourth-order valence-electron chi connectivity index (χ4n) is 3.62. The summed E-state index contributed by atoms with van der Waals surface area (Å²) in [5.74, 6) is -0.102. The normalized spacial score (nSPS) is 20.3. The Morgan fingerprint density at radius 3 is 2.70 bits per heavy atom. The first-order valence-electron chi connectivity index (χ1n) is 10.7. The SMILES string of the molecule is C=CC(=C)[C@]1(CCl)COc2ccc(C(=O)NS(=O)(=O)[C@H](C)[C@@H](C)C/C=C/CO)cc2N(C)C1. The number of rotatable bonds is 10. The Balaban J connectivity index is 2.23. The molecule has 0 unspecified atom stereocenters. The predicted molar refractivity (Wildman–Crippen MR) is 134 cm³/mol. The van der Waals surface area contributed by atoms with Gasteiger partial charge < -0.3 is 14.7 Å². The number of carbonyl (C=O) groups excluding carboxylic acids is 1. The molecule has 33 heavy (non-hydrogen) atoms. The van der Waals surface area contributed by atoms with Crippen LogP contribution in [-0.2, 0) is 10.0 Å². The summed E-state index contributed by atoms with van der Waals surface area (Å²) in [6.07, 6.45) is 5.42. The number of sulfonamides is 1. The predicted octanol–water partition coefficient (Wildman–Crippen LogP) is 3.51. The third-order valence-corrected chi connectivity index (χ3v) is 8.59. The Bertz CT molecular complexity index is 1020. The van der Waals surface area contributed by atoms with Crippen LogP contribution in [0.5, 0.6) is 5.75 Å². The number of aliphatic hydroxyl groups excluding tert-OH is 1. The maximum atomic E-state index is 12.8. The molecule has 0 saturated heterocycles. The molecule has 2 N–H and O–H groups in total. The molecule has 1 aromatic carbocycles. The van der Waals surface area contributed by atoms with E-state index in [1.165, 1.54) is 6.07 Å². The average Bonchev–Trinajstić information content (AvgIpc) is 2.94. The Morgan fingerprint density at radius 1 is 1.39 bits per heavy atom. The summed E-state index contributed by atoms with van der Waals surface area (Å²) in [7, 11) is -2.05. The molecule has 3 atom stereocenters. The Morgan fingerprint density at radius 2 is 2.09 bits per heavy atom. The number of aliphatic hydroxyl groups is 1. The molecule has 1 amide bonds. The van der Waals surface area contributed by atoms with Crippen molar-refractivity contribution in [2.75, 3.05) is 37.6 Å². The van der Waals surface area contributed by atoms with Crippen LogP contribution >= 0.6 is 11.6 Å². The van der Waals surface area contributed by atoms with E-state index in [1.54, 1.807) is 44.2 Å². The molecule has 1 aromatic rings. The van der Waals surface area contributed by atoms with Crippen molar-refractivity contribution in [2.45, 2.75) is 25.5 Å². The maximum Gasteiger partial charge on any atom is 0.264 e. The minimum Gasteiger partial charge on any atom is -0.490 e. The molecule has 2 rings (SSSR count). The largest absolute Gasteiger partial charge is 0.490 e. The van der Waals surface area contributed by atoms with E-state index in [0.29, 0.717) is 31.0 Å². The van der Waals surface area contributed by atoms with Crippen molar-refractivity contribution in [1.29, 1.82) is 0 Å². The molecule has 0 aromatic heterocycles. The van der Waals surface area contributed by atoms with E-state index in [-0.39, 0.29) is 24.0 Å². The summed E-state index contributed by atoms with van der Waals surface area (Å²) in [5, 5.41) is 8.04. The molecule has 1 aliphatic rings. The first-order valence-corrected chi connectivity index (χ1v) is 12.8. The average molecular weight is 497 g/mol. The molecular formula is C24H33ClN2O5S. The van der Waals surface area contributed by atoms with Crippen molar-refractivity contribution in [1.82, 2.24) is 4.72 Å². The molecule has 0 fully saturated rings. The number of allylic oxidation sites excluding steroid dienone is 2. The standard InChI is InChI=1S/C24H33ClN2O5S/c1-6-18(3)24(14-25)15-27(5)21-13-20(10-11-22(21)32-16-24)23(29)26-33(30,31)19(4)17(2)9-7-8-12-28/h6-8,10-11,13,17,19,28H,1,3,9,12,14-16H2,2,4-5H3,(H,26,29)/b8-7+/t17-,19+,24-/m0/s1. The fourth-order valence-corrected chi connectivity index (χ4v) is 5.24. The molecule has 0 saturated carbocycles. The van der Waals surface area contributed by atoms with E-state index in [9.17, 15) is 13.2 Å². The molecular weight excluding hydrogens is 464 g/mol. The number of ether oxygens (including phenoxy) is 1. The van der Waals surface area contributed by atoms with Crippen LogP contribution in [0.2, 0.25) is 0 Å². The van der Waals surface area contributed by atoms with E-state index < -0.39 is 26.6 Å². The molecule has 0 radical (unpaired) electrons. The van der Waals surface area contributed by atoms with Gasteiger partial charge in [-0.25, -0.2) is 13.1 Å². The summed E-state index contributed by atoms with van der Waals surface area (Å²) < 4.78 is 33.7. The second-order valence-electron chi connectivity index (χ2n) is 8.52. The quantitative estimate of drug-likeness (QED) is 0.292. The lowest BCUT2D eigenvalue weighted by Gasteiger charge is -2.33. The number of nitrogens with zero attached hydrogens (tertiary/aromatic N) is 1. The van der Waals surface area contributed by atoms with Crippen LogP contribution in [0, 0.1) is 11.3 Å². The Labute approximate surface area is 201 Å². The summed E-state index contributed by atoms with van der Waals surface area (Å²) in [4.78, 5) is 14.7. The molecule has 1 heterocycles. The second kappa shape index (κ2) is 11.2. The first kappa shape index (κ1) is 27.0. The van der Waals surface area contributed by atoms with Gasteiger partial charge in [-0.2, -0.15) is 0 Å². The summed E-state index contributed by atoms with van der Waals surface area (Å²) in [6, 6.07) is 4.80. The van der Waals surface area contributed by atoms with Gasteiger partial charge >= 0.3 is 0 Å². The molecule has 0 bridgehead atoms. The second-order valence-corrected chi connectivity index (χ2v) is 10.8. The molecule has 7 nitrogen and oxygen atoms in total. The molecule has 0 aliphatic carbocycles. The summed E-state index contributed by atoms with van der Waals surface area (Å²) in [6.45, 7) is 11.9. The van der Waals surface area contributed by atoms with Crippen LogP contribution in [0.1, 0.15) is 30.6 Å². The number of anilines is 1. The van der Waals surface area contributed by atoms with Gasteiger partial charge in [0.25, 0.3) is 5.91 Å². The number of amides is 1. The van der Waals surface area contributed by atoms with Crippen LogP contribution in [0.3, 0.4) is 0 Å². The molecule has 9 heteroatoms. The first-order chi connectivity index (χ1) is 15.5. The number of fused-ring (bicyclic) bond motifs is 1. The van der Waals surface area contributed by atoms with Gasteiger partial charge in [-0.15, -0.1) is 11.6 Å². The third kappa shape index (κ3) is 6.19. The Hall–Kier alpha value is -2.29. The van der Waals surface area contributed by atoms with Gasteiger partial charge in [-0.3, -0.25) is 4.79 Å². The lowest BCUT2D eigenvalue weighted by molar-refractivity contribution is 0.0981. The number of nitrogens with one attached hydrogen (secondary N) is 1. The summed E-state index contributed by atoms with van der Waals surface area (Å²) in [5.41, 5.74) is 1.07. The number of hydrogen-bond acceptors (Lipinski definition) is 6. The highest BCUT2D eigenvalue weighted by atomic mass is 35.5. The Kier molecular flexibility index (Phi) is 9.17. The lowest BCUT2D eigenvalue weighted by atomic mass is 9.83. The van der Waals surface area contributed by atoms with Crippen molar-refractivity contribution >= 4 is 33.2 Å². The van der Waals surface area contributed by atoms with Crippen molar-refractivity contribution in [2.24, 2.45) is 11.3 Å². The van der Waals surface area contributed by atoms with Crippen LogP contribution in [0.4, 0.5) is 5.69 Å². The zero-order chi connectivity index (χ0) is 24.8. The topological polar surface area (TPSA) is 95.9 Å². The van der Waals surface area contributed by atoms with Crippen molar-refractivity contribution < 1.29 is 23.1 Å². The summed E-state index contributed by atoms with van der Waals surface area (Å²) >= 11 is 6.28. The van der Waals surface area contributed by atoms with Gasteiger partial charge in [0.1, 0.15) is 12.4 Å². The number of benzene rings is 1. The highest BCUT2D eigenvalue weighted by molar-refractivity contribution is 7.90. The molecule has 1 aliphatic heterocycles. The van der Waals surface area contributed by atoms with Gasteiger partial charge in [0.2, 0.25) is 10.0 Å². The van der Waals surface area contributed by atoms with Crippen molar-refractivity contribution in [3.63, 3.8) is 0 Å². The minimum absolute atomic E-state index is 0.102. The van der Waals surface area contributed by atoms with E-state index in [0.717, 1.165) is 5.57 Å². The number of alkyl halides is 1. The van der Waals surface area contributed by atoms with Crippen molar-refractivity contribution in [3.8, 4) is 5.75 Å². The van der Waals surface area contributed by atoms with E-state index in [1.807, 2.05) is 11.9 Å². The fraction of sp³-hybridized carbons (Fsp3) is 0.458. The monoisotopic (exact) mass is 496 g/mol. The van der Waals surface area contributed by atoms with E-state index >= 15 is 0 Å². The third-order valence-electron chi connectivity index (χ3n) is 6.17. The maximum absolute atomic E-state index is 12.8. The van der Waals surface area contributed by atoms with E-state index in [4.69, 9.17) is 21.4 Å². The van der Waals surface area contributed by atoms with Gasteiger partial charge in [-0.1, -0.05) is 38.3 Å². The number of carbonyl (C=O) groups is 1. The zero-order valence-corrected chi connectivity index (χ0v) is 21.0. The van der Waals surface area contributed by atoms with Crippen LogP contribution < -0.4 is 14.4 Å². The number of hydrogen-bond donors (Lipinski definition) is 2. The van der Waals surface area contributed by atoms with Gasteiger partial charge in [0, 0.05) is 25.0 Å². The van der Waals surface area contributed by atoms with Crippen LogP contribution in [0.25, 0.3) is 0 Å². The highest BCUT2D eigenvalue weighted by Crippen LogP contribution is 2.39. The van der Waals surface area contributed by atoms with E-state index in [2.05, 4.69) is 17.9 Å². The zero-order valence-electron chi connectivity index (χ0n) is 19.4. The van der Waals surface area contributed by atoms with Gasteiger partial charge in [-0.05, 0) is 43.0 Å². The smallest absolute Gasteiger partial charge is 0.264 e. The molecule has 182 valence electrons. The number of halogens is 1. The van der Waals surface area contributed by atoms with Gasteiger partial charge in [0.15, 0.2) is 0 Å². The van der Waals surface area contributed by atoms with Crippen molar-refractivity contribution in [3.05, 3.63) is 60.7 Å².